The molecule has 0 spiro atoms. The monoisotopic (exact) mass is 1030 g/mol. The van der Waals surface area contributed by atoms with E-state index in [1.807, 2.05) is 0 Å². The predicted molar refractivity (Wildman–Crippen MR) is 325 cm³/mol. The third-order valence-electron chi connectivity index (χ3n) is 13.9. The fourth-order valence-electron chi connectivity index (χ4n) is 9.16. The molecule has 0 radical (unpaired) electrons. The molecule has 0 amide bonds. The smallest absolute Gasteiger partial charge is 0.306 e. The minimum Gasteiger partial charge on any atom is -0.462 e. The maximum Gasteiger partial charge on any atom is 0.306 e. The lowest BCUT2D eigenvalue weighted by Crippen LogP contribution is -2.28. The zero-order chi connectivity index (χ0) is 53.4. The van der Waals surface area contributed by atoms with Gasteiger partial charge in [-0.2, -0.15) is 0 Å². The zero-order valence-electron chi connectivity index (χ0n) is 48.8. The number of hydrogen-bond acceptors (Lipinski definition) is 5. The number of ether oxygens (including phenoxy) is 2. The zero-order valence-corrected chi connectivity index (χ0v) is 48.8. The molecule has 0 aromatic rings. The van der Waals surface area contributed by atoms with E-state index in [2.05, 4.69) is 111 Å². The highest BCUT2D eigenvalue weighted by atomic mass is 16.6. The van der Waals surface area contributed by atoms with Crippen LogP contribution in [0.2, 0.25) is 0 Å². The van der Waals surface area contributed by atoms with E-state index >= 15 is 0 Å². The van der Waals surface area contributed by atoms with Crippen molar-refractivity contribution < 1.29 is 24.2 Å². The molecule has 0 aromatic carbocycles. The molecule has 1 N–H and O–H groups in total. The van der Waals surface area contributed by atoms with Gasteiger partial charge in [0.2, 0.25) is 0 Å². The molecule has 0 aliphatic heterocycles. The molecule has 0 aliphatic rings. The first-order valence-corrected chi connectivity index (χ1v) is 31.8. The number of aliphatic hydroxyl groups is 1. The summed E-state index contributed by atoms with van der Waals surface area (Å²) in [5.74, 6) is -0.636. The van der Waals surface area contributed by atoms with Gasteiger partial charge >= 0.3 is 11.9 Å². The molecule has 5 nitrogen and oxygen atoms in total. The van der Waals surface area contributed by atoms with Crippen molar-refractivity contribution in [1.29, 1.82) is 0 Å². The molecule has 74 heavy (non-hydrogen) atoms. The summed E-state index contributed by atoms with van der Waals surface area (Å²) >= 11 is 0. The second-order valence-electron chi connectivity index (χ2n) is 21.1. The second kappa shape index (κ2) is 64.1. The Labute approximate surface area is 459 Å². The maximum absolute atomic E-state index is 12.3. The number of unbranched alkanes of at least 4 members (excludes halogenated alkanes) is 34. The summed E-state index contributed by atoms with van der Waals surface area (Å²) in [7, 11) is 0. The van der Waals surface area contributed by atoms with Crippen LogP contribution in [0.4, 0.5) is 0 Å². The molecule has 1 atom stereocenters. The molecule has 0 heterocycles. The maximum atomic E-state index is 12.3. The van der Waals surface area contributed by atoms with Crippen molar-refractivity contribution in [3.05, 3.63) is 97.2 Å². The molecule has 0 saturated carbocycles. The number of carbonyl (C=O) groups is 2. The molecule has 0 fully saturated rings. The highest BCUT2D eigenvalue weighted by molar-refractivity contribution is 5.70. The molecular weight excluding hydrogens is 909 g/mol. The van der Waals surface area contributed by atoms with E-state index in [1.165, 1.54) is 193 Å². The van der Waals surface area contributed by atoms with E-state index in [9.17, 15) is 14.7 Å². The van der Waals surface area contributed by atoms with Gasteiger partial charge in [0.15, 0.2) is 6.10 Å². The minimum atomic E-state index is -0.802. The average Bonchev–Trinajstić information content (AvgIpc) is 3.40. The Morgan fingerprint density at radius 1 is 0.324 bits per heavy atom. The minimum absolute atomic E-state index is 0.0862. The Kier molecular flexibility index (Phi) is 61.4. The first-order chi connectivity index (χ1) is 36.6. The van der Waals surface area contributed by atoms with Crippen LogP contribution in [0.25, 0.3) is 0 Å². The Hall–Kier alpha value is -3.18. The topological polar surface area (TPSA) is 72.8 Å². The van der Waals surface area contributed by atoms with Crippen molar-refractivity contribution in [3.63, 3.8) is 0 Å². The summed E-state index contributed by atoms with van der Waals surface area (Å²) in [6, 6.07) is 0. The lowest BCUT2D eigenvalue weighted by atomic mass is 10.0. The van der Waals surface area contributed by atoms with Gasteiger partial charge < -0.3 is 14.6 Å². The van der Waals surface area contributed by atoms with Gasteiger partial charge in [0.25, 0.3) is 0 Å². The van der Waals surface area contributed by atoms with Crippen molar-refractivity contribution in [1.82, 2.24) is 0 Å². The van der Waals surface area contributed by atoms with Gasteiger partial charge in [-0.1, -0.05) is 317 Å². The average molecular weight is 1030 g/mol. The molecule has 1 unspecified atom stereocenters. The summed E-state index contributed by atoms with van der Waals surface area (Å²) in [5, 5.41) is 9.67. The van der Waals surface area contributed by atoms with Crippen molar-refractivity contribution in [3.8, 4) is 0 Å². The fraction of sp³-hybridized carbons (Fsp3) is 0.739. The normalized spacial score (nSPS) is 12.9. The summed E-state index contributed by atoms with van der Waals surface area (Å²) < 4.78 is 10.7. The van der Waals surface area contributed by atoms with Gasteiger partial charge in [0.05, 0.1) is 6.61 Å². The number of allylic oxidation sites excluding steroid dienone is 16. The van der Waals surface area contributed by atoms with E-state index in [-0.39, 0.29) is 25.2 Å². The van der Waals surface area contributed by atoms with Crippen LogP contribution in [0.3, 0.4) is 0 Å². The lowest BCUT2D eigenvalue weighted by Gasteiger charge is -2.15. The molecule has 0 bridgehead atoms. The van der Waals surface area contributed by atoms with E-state index in [0.717, 1.165) is 89.9 Å². The van der Waals surface area contributed by atoms with Crippen molar-refractivity contribution >= 4 is 11.9 Å². The molecular formula is C69H120O5. The fourth-order valence-corrected chi connectivity index (χ4v) is 9.16. The van der Waals surface area contributed by atoms with Crippen LogP contribution in [-0.2, 0) is 19.1 Å². The number of rotatable bonds is 58. The van der Waals surface area contributed by atoms with E-state index in [0.29, 0.717) is 12.8 Å². The third-order valence-corrected chi connectivity index (χ3v) is 13.9. The standard InChI is InChI=1S/C69H120O5/c1-3-5-7-9-11-13-15-17-19-21-23-25-27-29-31-32-33-34-35-36-38-39-41-43-45-47-49-51-53-55-57-59-61-63-68(71)73-66-67(65-70)74-69(72)64-62-60-58-56-54-52-50-48-46-44-42-40-37-30-28-26-24-22-20-18-16-14-12-10-8-6-4-2/h6,8,12,14,18,20,24,26,30,37,42,44,48,50,54,56,67,70H,3-5,7,9-11,13,15-17,19,21-23,25,27-29,31-36,38-41,43,45-47,49,51-53,55,57-66H2,1-2H3/b8-6-,14-12-,20-18-,26-24-,37-30-,44-42-,50-48-,56-54-. The Bertz CT molecular complexity index is 1400. The van der Waals surface area contributed by atoms with Crippen LogP contribution in [0, 0.1) is 0 Å². The van der Waals surface area contributed by atoms with Crippen molar-refractivity contribution in [2.24, 2.45) is 0 Å². The predicted octanol–water partition coefficient (Wildman–Crippen LogP) is 21.9. The van der Waals surface area contributed by atoms with Gasteiger partial charge in [0, 0.05) is 12.8 Å². The van der Waals surface area contributed by atoms with Crippen LogP contribution < -0.4 is 0 Å². The van der Waals surface area contributed by atoms with Gasteiger partial charge in [-0.05, 0) is 77.0 Å². The first kappa shape index (κ1) is 70.8. The van der Waals surface area contributed by atoms with Crippen LogP contribution >= 0.6 is 0 Å². The van der Waals surface area contributed by atoms with Crippen LogP contribution in [-0.4, -0.2) is 36.4 Å². The molecule has 5 heteroatoms. The van der Waals surface area contributed by atoms with Gasteiger partial charge in [-0.25, -0.2) is 0 Å². The summed E-state index contributed by atoms with van der Waals surface area (Å²) in [5.41, 5.74) is 0. The highest BCUT2D eigenvalue weighted by Crippen LogP contribution is 2.18. The van der Waals surface area contributed by atoms with Crippen LogP contribution in [0.15, 0.2) is 97.2 Å². The van der Waals surface area contributed by atoms with Crippen molar-refractivity contribution in [2.45, 2.75) is 315 Å². The number of esters is 2. The largest absolute Gasteiger partial charge is 0.462 e. The van der Waals surface area contributed by atoms with E-state index < -0.39 is 6.10 Å². The summed E-state index contributed by atoms with van der Waals surface area (Å²) in [6.45, 7) is 4.02. The molecule has 0 aliphatic carbocycles. The summed E-state index contributed by atoms with van der Waals surface area (Å²) in [4.78, 5) is 24.6. The number of carbonyl (C=O) groups excluding carboxylic acids is 2. The Morgan fingerprint density at radius 3 is 0.878 bits per heavy atom. The van der Waals surface area contributed by atoms with Gasteiger partial charge in [-0.3, -0.25) is 9.59 Å². The lowest BCUT2D eigenvalue weighted by molar-refractivity contribution is -0.161. The van der Waals surface area contributed by atoms with Crippen LogP contribution in [0.5, 0.6) is 0 Å². The molecule has 0 saturated heterocycles. The first-order valence-electron chi connectivity index (χ1n) is 31.8. The third kappa shape index (κ3) is 61.4. The van der Waals surface area contributed by atoms with Crippen LogP contribution in [0.1, 0.15) is 309 Å². The highest BCUT2D eigenvalue weighted by Gasteiger charge is 2.16. The molecule has 0 aromatic heterocycles. The quantitative estimate of drug-likeness (QED) is 0.0373. The van der Waals surface area contributed by atoms with E-state index in [1.54, 1.807) is 0 Å². The second-order valence-corrected chi connectivity index (χ2v) is 21.1. The van der Waals surface area contributed by atoms with Gasteiger partial charge in [-0.15, -0.1) is 0 Å². The number of hydrogen-bond donors (Lipinski definition) is 1. The van der Waals surface area contributed by atoms with Gasteiger partial charge in [0.1, 0.15) is 6.61 Å². The number of aliphatic hydroxyl groups excluding tert-OH is 1. The van der Waals surface area contributed by atoms with Crippen molar-refractivity contribution in [2.75, 3.05) is 13.2 Å². The SMILES string of the molecule is CC/C=C\C/C=C\C/C=C\C/C=C\C/C=C\C/C=C\C/C=C\C/C=C\CCCCC(=O)OC(CO)COC(=O)CCCCCCCCCCCCCCCCCCCCCCCCCCCCCCCCCCC. The van der Waals surface area contributed by atoms with E-state index in [4.69, 9.17) is 9.47 Å². The Balaban J connectivity index is 3.51. The summed E-state index contributed by atoms with van der Waals surface area (Å²) in [6.07, 6.45) is 91.4. The Morgan fingerprint density at radius 2 is 0.581 bits per heavy atom. The molecule has 0 rings (SSSR count). The molecule has 426 valence electrons.